The molecule has 78 heavy (non-hydrogen) atoms. The Hall–Kier alpha value is -5.72. The number of carbonyl (C=O) groups excluding carboxylic acids is 3. The van der Waals surface area contributed by atoms with Gasteiger partial charge in [-0.25, -0.2) is 14.4 Å². The molecule has 0 heterocycles. The number of benzene rings is 3. The van der Waals surface area contributed by atoms with Crippen molar-refractivity contribution in [3.05, 3.63) is 154 Å². The van der Waals surface area contributed by atoms with Crippen LogP contribution >= 0.6 is 0 Å². The molecule has 0 amide bonds. The molecule has 3 saturated carbocycles. The van der Waals surface area contributed by atoms with Crippen molar-refractivity contribution < 1.29 is 82.3 Å². The van der Waals surface area contributed by atoms with Crippen molar-refractivity contribution in [2.75, 3.05) is 21.3 Å². The number of hydrogen-bond donors (Lipinski definition) is 0. The van der Waals surface area contributed by atoms with Crippen LogP contribution in [0.4, 0.5) is 39.5 Å². The number of ether oxygens (including phenoxy) is 6. The van der Waals surface area contributed by atoms with Gasteiger partial charge in [0.25, 0.3) is 16.8 Å². The molecule has 3 fully saturated rings. The maximum absolute atomic E-state index is 15.4. The summed E-state index contributed by atoms with van der Waals surface area (Å²) in [4.78, 5) is 42.4. The van der Waals surface area contributed by atoms with E-state index in [-0.39, 0.29) is 25.2 Å². The molecule has 3 aliphatic rings. The minimum Gasteiger partial charge on any atom is -0.459 e. The van der Waals surface area contributed by atoms with Crippen molar-refractivity contribution in [1.29, 1.82) is 0 Å². The highest BCUT2D eigenvalue weighted by molar-refractivity contribution is 5.84. The zero-order chi connectivity index (χ0) is 58.1. The van der Waals surface area contributed by atoms with Crippen LogP contribution in [0.25, 0.3) is 0 Å². The van der Waals surface area contributed by atoms with E-state index < -0.39 is 110 Å². The molecule has 18 heteroatoms. The van der Waals surface area contributed by atoms with E-state index in [0.717, 1.165) is 63.3 Å². The number of alkyl halides is 9. The van der Waals surface area contributed by atoms with Gasteiger partial charge in [-0.15, -0.1) is 0 Å². The van der Waals surface area contributed by atoms with E-state index in [1.54, 1.807) is 45.9 Å². The molecule has 6 rings (SSSR count). The van der Waals surface area contributed by atoms with E-state index >= 15 is 26.3 Å². The van der Waals surface area contributed by atoms with Crippen molar-refractivity contribution >= 4 is 17.9 Å². The maximum atomic E-state index is 15.4. The topological polar surface area (TPSA) is 107 Å². The SMILES string of the molecule is CO[C@@](C(=O)O[C@H]1C[C@H]2[C@@]3(C)CC[C@H](OC(=O)[C@](OC)(c4ccccc4)C(F)(F)F)C(C)(C)[C@@H]3CC[C@]2(C)/C1=C(C)/C=C/C=C(\C)[C@H](CC=C(C)C)OC(=O)[C@](OC)(c1ccccc1)C(F)(F)F)(c1ccccc1)C(F)(F)F. The molecule has 0 spiro atoms. The summed E-state index contributed by atoms with van der Waals surface area (Å²) in [5.74, 6) is -5.82. The smallest absolute Gasteiger partial charge is 0.432 e. The lowest BCUT2D eigenvalue weighted by Crippen LogP contribution is -2.60. The number of carbonyl (C=O) groups is 3. The Morgan fingerprint density at radius 3 is 1.46 bits per heavy atom. The second kappa shape index (κ2) is 22.8. The third-order valence-electron chi connectivity index (χ3n) is 17.0. The highest BCUT2D eigenvalue weighted by Crippen LogP contribution is 2.71. The van der Waals surface area contributed by atoms with Crippen LogP contribution in [-0.4, -0.2) is 76.1 Å². The van der Waals surface area contributed by atoms with Crippen LogP contribution in [0.5, 0.6) is 0 Å². The number of fused-ring (bicyclic) bond motifs is 3. The van der Waals surface area contributed by atoms with Gasteiger partial charge in [0, 0.05) is 49.9 Å². The summed E-state index contributed by atoms with van der Waals surface area (Å²) in [6.07, 6.45) is -11.7. The first-order valence-corrected chi connectivity index (χ1v) is 25.7. The predicted octanol–water partition coefficient (Wildman–Crippen LogP) is 14.5. The van der Waals surface area contributed by atoms with Gasteiger partial charge in [0.2, 0.25) is 0 Å². The van der Waals surface area contributed by atoms with E-state index in [4.69, 9.17) is 28.4 Å². The van der Waals surface area contributed by atoms with Gasteiger partial charge in [-0.3, -0.25) is 0 Å². The average molecular weight is 1110 g/mol. The van der Waals surface area contributed by atoms with Crippen molar-refractivity contribution in [2.45, 2.75) is 148 Å². The molecule has 0 saturated heterocycles. The lowest BCUT2D eigenvalue weighted by molar-refractivity contribution is -0.283. The summed E-state index contributed by atoms with van der Waals surface area (Å²) in [5, 5.41) is 0. The van der Waals surface area contributed by atoms with E-state index in [0.29, 0.717) is 36.0 Å². The lowest BCUT2D eigenvalue weighted by atomic mass is 9.43. The van der Waals surface area contributed by atoms with Crippen LogP contribution < -0.4 is 0 Å². The molecule has 3 aromatic carbocycles. The third-order valence-corrected chi connectivity index (χ3v) is 17.0. The van der Waals surface area contributed by atoms with Gasteiger partial charge in [-0.05, 0) is 99.2 Å². The fraction of sp³-hybridized carbons (Fsp3) is 0.517. The Balaban J connectivity index is 1.41. The second-order valence-electron chi connectivity index (χ2n) is 22.0. The van der Waals surface area contributed by atoms with Crippen LogP contribution in [0.3, 0.4) is 0 Å². The summed E-state index contributed by atoms with van der Waals surface area (Å²) in [7, 11) is 2.33. The molecular weight excluding hydrogens is 1040 g/mol. The summed E-state index contributed by atoms with van der Waals surface area (Å²) in [6, 6.07) is 19.2. The van der Waals surface area contributed by atoms with Crippen LogP contribution in [0.1, 0.15) is 111 Å². The molecule has 0 radical (unpaired) electrons. The molecular formula is C60H69F9O9. The summed E-state index contributed by atoms with van der Waals surface area (Å²) in [6.45, 7) is 14.4. The highest BCUT2D eigenvalue weighted by atomic mass is 19.4. The molecule has 9 nitrogen and oxygen atoms in total. The van der Waals surface area contributed by atoms with E-state index in [2.05, 4.69) is 0 Å². The maximum Gasteiger partial charge on any atom is 0.432 e. The first-order chi connectivity index (χ1) is 36.3. The molecule has 0 unspecified atom stereocenters. The molecule has 426 valence electrons. The Kier molecular flexibility index (Phi) is 18.0. The fourth-order valence-corrected chi connectivity index (χ4v) is 13.1. The van der Waals surface area contributed by atoms with E-state index in [9.17, 15) is 27.6 Å². The second-order valence-corrected chi connectivity index (χ2v) is 22.0. The van der Waals surface area contributed by atoms with Crippen molar-refractivity contribution in [2.24, 2.45) is 28.1 Å². The zero-order valence-corrected chi connectivity index (χ0v) is 45.7. The first-order valence-electron chi connectivity index (χ1n) is 25.7. The molecule has 3 aliphatic carbocycles. The minimum atomic E-state index is -5.31. The zero-order valence-electron chi connectivity index (χ0n) is 45.7. The minimum absolute atomic E-state index is 0.0187. The van der Waals surface area contributed by atoms with Gasteiger partial charge in [0.05, 0.1) is 0 Å². The van der Waals surface area contributed by atoms with Crippen molar-refractivity contribution in [3.8, 4) is 0 Å². The normalized spacial score (nSPS) is 26.9. The largest absolute Gasteiger partial charge is 0.459 e. The molecule has 10 atom stereocenters. The molecule has 0 aromatic heterocycles. The quantitative estimate of drug-likeness (QED) is 0.0429. The Bertz CT molecular complexity index is 2750. The summed E-state index contributed by atoms with van der Waals surface area (Å²) < 4.78 is 169. The molecule has 0 N–H and O–H groups in total. The standard InChI is InChI=1S/C60H69F9O9/c1-37(2)30-31-43(76-49(70)55(73-9,58(61,62)63)40-24-15-12-16-25-40)38(3)22-21-23-39(4)48-44(77-50(71)56(74-10,59(64,65)66)41-26-17-13-18-27-41)36-46-53(7)35-33-47(52(5,6)45(53)32-34-54(46,48)8)78-51(72)57(75-11,60(67,68)69)42-28-19-14-20-29-42/h12-30,43-47H,31-36H2,1-11H3/b23-21+,38-22+,48-39+/t43-,44-,45-,46-,47-,53-,54-,55+,56+,57+/m0/s1. The van der Waals surface area contributed by atoms with Crippen LogP contribution in [0.15, 0.2) is 138 Å². The summed E-state index contributed by atoms with van der Waals surface area (Å²) >= 11 is 0. The van der Waals surface area contributed by atoms with E-state index in [1.807, 2.05) is 27.7 Å². The van der Waals surface area contributed by atoms with Gasteiger partial charge in [0.15, 0.2) is 0 Å². The van der Waals surface area contributed by atoms with Crippen LogP contribution in [0, 0.1) is 28.1 Å². The number of esters is 3. The number of allylic oxidation sites excluding steroid dienone is 5. The van der Waals surface area contributed by atoms with Crippen molar-refractivity contribution in [1.82, 2.24) is 0 Å². The monoisotopic (exact) mass is 1100 g/mol. The first kappa shape index (κ1) is 61.5. The van der Waals surface area contributed by atoms with Gasteiger partial charge >= 0.3 is 36.4 Å². The Labute approximate surface area is 450 Å². The number of halogens is 9. The van der Waals surface area contributed by atoms with Gasteiger partial charge in [0.1, 0.15) is 18.3 Å². The average Bonchev–Trinajstić information content (AvgIpc) is 3.93. The van der Waals surface area contributed by atoms with Gasteiger partial charge < -0.3 is 28.4 Å². The van der Waals surface area contributed by atoms with Crippen molar-refractivity contribution in [3.63, 3.8) is 0 Å². The molecule has 0 bridgehead atoms. The number of hydrogen-bond acceptors (Lipinski definition) is 9. The fourth-order valence-electron chi connectivity index (χ4n) is 13.1. The number of methoxy groups -OCH3 is 3. The highest BCUT2D eigenvalue weighted by Gasteiger charge is 2.70. The van der Waals surface area contributed by atoms with Crippen LogP contribution in [-0.2, 0) is 59.6 Å². The van der Waals surface area contributed by atoms with E-state index in [1.165, 1.54) is 60.7 Å². The van der Waals surface area contributed by atoms with Gasteiger partial charge in [-0.2, -0.15) is 39.5 Å². The third kappa shape index (κ3) is 10.7. The predicted molar refractivity (Wildman–Crippen MR) is 273 cm³/mol. The lowest BCUT2D eigenvalue weighted by Gasteiger charge is -2.62. The van der Waals surface area contributed by atoms with Crippen LogP contribution in [0.2, 0.25) is 0 Å². The molecule has 0 aliphatic heterocycles. The number of rotatable bonds is 17. The molecule has 3 aromatic rings. The Morgan fingerprint density at radius 1 is 0.603 bits per heavy atom. The summed E-state index contributed by atoms with van der Waals surface area (Å²) in [5.41, 5.74) is -12.4. The Morgan fingerprint density at radius 2 is 1.04 bits per heavy atom. The van der Waals surface area contributed by atoms with Gasteiger partial charge in [-0.1, -0.05) is 149 Å².